The number of sulfonamides is 1. The summed E-state index contributed by atoms with van der Waals surface area (Å²) in [5, 5.41) is 9.86. The predicted octanol–water partition coefficient (Wildman–Crippen LogP) is 3.51. The van der Waals surface area contributed by atoms with Crippen LogP contribution in [-0.2, 0) is 10.0 Å². The van der Waals surface area contributed by atoms with Crippen molar-refractivity contribution in [3.05, 3.63) is 48.0 Å². The quantitative estimate of drug-likeness (QED) is 0.605. The Morgan fingerprint density at radius 2 is 1.82 bits per heavy atom. The summed E-state index contributed by atoms with van der Waals surface area (Å²) in [5.41, 5.74) is 0.963. The molecule has 1 unspecified atom stereocenters. The maximum absolute atomic E-state index is 12.8. The van der Waals surface area contributed by atoms with Crippen LogP contribution in [0, 0.1) is 5.92 Å². The fraction of sp³-hybridized carbons (Fsp3) is 0.458. The van der Waals surface area contributed by atoms with E-state index in [1.165, 1.54) is 38.2 Å². The second-order valence-electron chi connectivity index (χ2n) is 8.78. The summed E-state index contributed by atoms with van der Waals surface area (Å²) in [6, 6.07) is 10.8. The minimum atomic E-state index is -3.86. The molecule has 1 atom stereocenters. The summed E-state index contributed by atoms with van der Waals surface area (Å²) in [6.45, 7) is 4.97. The molecule has 0 aromatic heterocycles. The second kappa shape index (κ2) is 10.0. The van der Waals surface area contributed by atoms with Gasteiger partial charge in [0.1, 0.15) is 5.75 Å². The van der Waals surface area contributed by atoms with Gasteiger partial charge in [-0.15, -0.1) is 0 Å². The monoisotopic (exact) mass is 473 g/mol. The third-order valence-electron chi connectivity index (χ3n) is 6.42. The van der Waals surface area contributed by atoms with Gasteiger partial charge in [0, 0.05) is 25.3 Å². The number of benzene rings is 2. The number of hydrogen-bond donors (Lipinski definition) is 2. The molecule has 178 valence electrons. The zero-order valence-corrected chi connectivity index (χ0v) is 19.7. The first-order valence-electron chi connectivity index (χ1n) is 11.4. The number of nitrogens with zero attached hydrogens (tertiary/aromatic N) is 2. The first-order chi connectivity index (χ1) is 15.9. The number of carboxylic acids is 1. The highest BCUT2D eigenvalue weighted by Gasteiger charge is 2.26. The molecule has 2 fully saturated rings. The first-order valence-corrected chi connectivity index (χ1v) is 12.9. The van der Waals surface area contributed by atoms with Crippen LogP contribution in [0.4, 0.5) is 11.4 Å². The van der Waals surface area contributed by atoms with E-state index in [0.29, 0.717) is 17.4 Å². The van der Waals surface area contributed by atoms with Crippen LogP contribution in [0.3, 0.4) is 0 Å². The van der Waals surface area contributed by atoms with E-state index in [2.05, 4.69) is 14.5 Å². The molecule has 2 aliphatic rings. The molecule has 2 aromatic carbocycles. The number of rotatable bonds is 8. The van der Waals surface area contributed by atoms with Crippen molar-refractivity contribution in [2.75, 3.05) is 49.5 Å². The summed E-state index contributed by atoms with van der Waals surface area (Å²) in [7, 11) is -2.35. The van der Waals surface area contributed by atoms with Gasteiger partial charge < -0.3 is 19.6 Å². The molecule has 0 spiro atoms. The van der Waals surface area contributed by atoms with Crippen molar-refractivity contribution in [2.45, 2.75) is 30.6 Å². The number of hydrogen-bond acceptors (Lipinski definition) is 6. The number of aromatic carboxylic acids is 1. The minimum absolute atomic E-state index is 0.0741. The molecule has 33 heavy (non-hydrogen) atoms. The minimum Gasteiger partial charge on any atom is -0.497 e. The summed E-state index contributed by atoms with van der Waals surface area (Å²) in [5.74, 6) is -0.0139. The molecule has 0 aliphatic carbocycles. The molecule has 2 heterocycles. The van der Waals surface area contributed by atoms with E-state index in [1.807, 2.05) is 0 Å². The van der Waals surface area contributed by atoms with E-state index in [0.717, 1.165) is 45.6 Å². The van der Waals surface area contributed by atoms with Crippen molar-refractivity contribution < 1.29 is 23.1 Å². The van der Waals surface area contributed by atoms with Crippen LogP contribution in [0.2, 0.25) is 0 Å². The van der Waals surface area contributed by atoms with E-state index in [9.17, 15) is 18.3 Å². The molecule has 0 amide bonds. The van der Waals surface area contributed by atoms with Gasteiger partial charge in [-0.25, -0.2) is 13.2 Å². The van der Waals surface area contributed by atoms with E-state index in [-0.39, 0.29) is 16.1 Å². The van der Waals surface area contributed by atoms with Crippen LogP contribution in [0.25, 0.3) is 0 Å². The zero-order chi connectivity index (χ0) is 23.4. The molecule has 2 aromatic rings. The van der Waals surface area contributed by atoms with Crippen LogP contribution in [0.5, 0.6) is 5.75 Å². The standard InChI is InChI=1S/C24H31N3O5S/c1-32-20-7-9-21(10-8-20)33(30,31)25-19-6-11-23(22(15-19)24(28)29)27-14-4-5-18(17-27)16-26-12-2-3-13-26/h6-11,15,18,25H,2-5,12-14,16-17H2,1H3,(H,28,29). The van der Waals surface area contributed by atoms with Crippen LogP contribution < -0.4 is 14.4 Å². The van der Waals surface area contributed by atoms with Crippen molar-refractivity contribution in [1.82, 2.24) is 4.90 Å². The number of likely N-dealkylation sites (tertiary alicyclic amines) is 1. The van der Waals surface area contributed by atoms with Crippen LogP contribution in [-0.4, -0.2) is 64.2 Å². The van der Waals surface area contributed by atoms with Crippen molar-refractivity contribution >= 4 is 27.4 Å². The lowest BCUT2D eigenvalue weighted by molar-refractivity contribution is 0.0697. The van der Waals surface area contributed by atoms with Crippen LogP contribution in [0.1, 0.15) is 36.0 Å². The Balaban J connectivity index is 1.51. The van der Waals surface area contributed by atoms with Crippen molar-refractivity contribution in [3.63, 3.8) is 0 Å². The smallest absolute Gasteiger partial charge is 0.337 e. The number of piperidine rings is 1. The van der Waals surface area contributed by atoms with E-state index in [1.54, 1.807) is 24.3 Å². The number of methoxy groups -OCH3 is 1. The number of anilines is 2. The molecular formula is C24H31N3O5S. The highest BCUT2D eigenvalue weighted by molar-refractivity contribution is 7.92. The summed E-state index contributed by atoms with van der Waals surface area (Å²) in [6.07, 6.45) is 4.68. The Morgan fingerprint density at radius 1 is 1.09 bits per heavy atom. The Bertz CT molecular complexity index is 1080. The molecule has 0 saturated carbocycles. The third-order valence-corrected chi connectivity index (χ3v) is 7.82. The van der Waals surface area contributed by atoms with Crippen LogP contribution >= 0.6 is 0 Å². The Kier molecular flexibility index (Phi) is 7.09. The van der Waals surface area contributed by atoms with Gasteiger partial charge in [-0.1, -0.05) is 0 Å². The van der Waals surface area contributed by atoms with Crippen LogP contribution in [0.15, 0.2) is 47.4 Å². The molecule has 2 saturated heterocycles. The largest absolute Gasteiger partial charge is 0.497 e. The molecule has 2 N–H and O–H groups in total. The third kappa shape index (κ3) is 5.59. The first kappa shape index (κ1) is 23.4. The SMILES string of the molecule is COc1ccc(S(=O)(=O)Nc2ccc(N3CCCC(CN4CCCC4)C3)c(C(=O)O)c2)cc1. The number of carboxylic acid groups (broad SMARTS) is 1. The van der Waals surface area contributed by atoms with E-state index in [4.69, 9.17) is 4.74 Å². The summed E-state index contributed by atoms with van der Waals surface area (Å²) in [4.78, 5) is 16.8. The molecule has 9 heteroatoms. The van der Waals surface area contributed by atoms with E-state index >= 15 is 0 Å². The molecule has 2 aliphatic heterocycles. The summed E-state index contributed by atoms with van der Waals surface area (Å²) >= 11 is 0. The molecule has 0 radical (unpaired) electrons. The van der Waals surface area contributed by atoms with Gasteiger partial charge in [0.15, 0.2) is 0 Å². The van der Waals surface area contributed by atoms with Crippen molar-refractivity contribution in [1.29, 1.82) is 0 Å². The normalized spacial score (nSPS) is 19.4. The Morgan fingerprint density at radius 3 is 2.48 bits per heavy atom. The fourth-order valence-corrected chi connectivity index (χ4v) is 5.83. The summed E-state index contributed by atoms with van der Waals surface area (Å²) < 4.78 is 33.1. The molecular weight excluding hydrogens is 442 g/mol. The maximum Gasteiger partial charge on any atom is 0.337 e. The van der Waals surface area contributed by atoms with E-state index < -0.39 is 16.0 Å². The molecule has 0 bridgehead atoms. The average Bonchev–Trinajstić information content (AvgIpc) is 3.32. The van der Waals surface area contributed by atoms with Gasteiger partial charge in [0.05, 0.1) is 23.3 Å². The van der Waals surface area contributed by atoms with Gasteiger partial charge >= 0.3 is 5.97 Å². The lowest BCUT2D eigenvalue weighted by atomic mass is 9.96. The zero-order valence-electron chi connectivity index (χ0n) is 18.9. The topological polar surface area (TPSA) is 99.2 Å². The lowest BCUT2D eigenvalue weighted by Crippen LogP contribution is -2.41. The number of ether oxygens (including phenoxy) is 1. The number of nitrogens with one attached hydrogen (secondary N) is 1. The maximum atomic E-state index is 12.8. The molecule has 4 rings (SSSR count). The van der Waals surface area contributed by atoms with Crippen molar-refractivity contribution in [2.24, 2.45) is 5.92 Å². The van der Waals surface area contributed by atoms with Gasteiger partial charge in [0.25, 0.3) is 10.0 Å². The Labute approximate surface area is 195 Å². The van der Waals surface area contributed by atoms with Gasteiger partial charge in [0.2, 0.25) is 0 Å². The predicted molar refractivity (Wildman–Crippen MR) is 128 cm³/mol. The highest BCUT2D eigenvalue weighted by Crippen LogP contribution is 2.30. The number of carbonyl (C=O) groups is 1. The van der Waals surface area contributed by atoms with Crippen molar-refractivity contribution in [3.8, 4) is 5.75 Å². The van der Waals surface area contributed by atoms with Gasteiger partial charge in [-0.3, -0.25) is 4.72 Å². The lowest BCUT2D eigenvalue weighted by Gasteiger charge is -2.36. The van der Waals surface area contributed by atoms with Gasteiger partial charge in [-0.05, 0) is 87.2 Å². The average molecular weight is 474 g/mol. The fourth-order valence-electron chi connectivity index (χ4n) is 4.78. The molecule has 8 nitrogen and oxygen atoms in total. The Hall–Kier alpha value is -2.78. The second-order valence-corrected chi connectivity index (χ2v) is 10.5. The van der Waals surface area contributed by atoms with Gasteiger partial charge in [-0.2, -0.15) is 0 Å². The highest BCUT2D eigenvalue weighted by atomic mass is 32.2.